The molecule has 2 rings (SSSR count). The summed E-state index contributed by atoms with van der Waals surface area (Å²) in [6, 6.07) is 3.40. The van der Waals surface area contributed by atoms with Crippen LogP contribution in [0.25, 0.3) is 5.65 Å². The van der Waals surface area contributed by atoms with Gasteiger partial charge in [-0.25, -0.2) is 14.3 Å². The van der Waals surface area contributed by atoms with E-state index in [4.69, 9.17) is 10.1 Å². The molecule has 0 spiro atoms. The average Bonchev–Trinajstić information content (AvgIpc) is 2.65. The number of nitrogens with one attached hydrogen (secondary N) is 1. The lowest BCUT2D eigenvalue weighted by atomic mass is 9.82. The van der Waals surface area contributed by atoms with Crippen LogP contribution in [0.15, 0.2) is 12.1 Å². The van der Waals surface area contributed by atoms with E-state index in [1.807, 2.05) is 0 Å². The largest absolute Gasteiger partial charge is 0.465 e. The van der Waals surface area contributed by atoms with Crippen LogP contribution < -0.4 is 5.32 Å². The van der Waals surface area contributed by atoms with Crippen LogP contribution in [0.4, 0.5) is 10.6 Å². The molecule has 0 aliphatic carbocycles. The van der Waals surface area contributed by atoms with Gasteiger partial charge < -0.3 is 5.11 Å². The van der Waals surface area contributed by atoms with Crippen molar-refractivity contribution in [1.82, 2.24) is 14.6 Å². The molecule has 2 aromatic rings. The number of hydrogen-bond donors (Lipinski definition) is 2. The highest BCUT2D eigenvalue weighted by Gasteiger charge is 2.31. The highest BCUT2D eigenvalue weighted by molar-refractivity contribution is 5.81. The Morgan fingerprint density at radius 3 is 2.24 bits per heavy atom. The number of fused-ring (bicyclic) bond motifs is 1. The summed E-state index contributed by atoms with van der Waals surface area (Å²) in [5.74, 6) is 0.290. The van der Waals surface area contributed by atoms with Gasteiger partial charge >= 0.3 is 6.09 Å². The maximum atomic E-state index is 10.8. The quantitative estimate of drug-likeness (QED) is 0.843. The number of aromatic nitrogens is 3. The Kier molecular flexibility index (Phi) is 3.43. The molecule has 0 bridgehead atoms. The van der Waals surface area contributed by atoms with Crippen LogP contribution in [-0.2, 0) is 10.8 Å². The van der Waals surface area contributed by atoms with E-state index in [0.29, 0.717) is 5.82 Å². The third-order valence-corrected chi connectivity index (χ3v) is 3.13. The Morgan fingerprint density at radius 2 is 1.76 bits per heavy atom. The van der Waals surface area contributed by atoms with E-state index >= 15 is 0 Å². The summed E-state index contributed by atoms with van der Waals surface area (Å²) in [6.45, 7) is 12.6. The van der Waals surface area contributed by atoms with Crippen LogP contribution in [0.2, 0.25) is 0 Å². The molecule has 6 nitrogen and oxygen atoms in total. The fourth-order valence-electron chi connectivity index (χ4n) is 2.31. The smallest absolute Gasteiger partial charge is 0.410 e. The molecule has 0 atom stereocenters. The van der Waals surface area contributed by atoms with Crippen LogP contribution in [-0.4, -0.2) is 25.8 Å². The first-order chi connectivity index (χ1) is 9.50. The summed E-state index contributed by atoms with van der Waals surface area (Å²) in [7, 11) is 0. The maximum Gasteiger partial charge on any atom is 0.410 e. The van der Waals surface area contributed by atoms with Crippen molar-refractivity contribution in [3.8, 4) is 0 Å². The molecule has 2 N–H and O–H groups in total. The van der Waals surface area contributed by atoms with Crippen LogP contribution in [0.1, 0.15) is 52.9 Å². The molecule has 0 saturated heterocycles. The van der Waals surface area contributed by atoms with E-state index in [1.54, 1.807) is 16.6 Å². The van der Waals surface area contributed by atoms with Gasteiger partial charge in [-0.15, -0.1) is 5.10 Å². The highest BCUT2D eigenvalue weighted by atomic mass is 16.4. The van der Waals surface area contributed by atoms with Crippen molar-refractivity contribution in [3.63, 3.8) is 0 Å². The molecule has 0 aliphatic rings. The first-order valence-electron chi connectivity index (χ1n) is 6.91. The number of anilines is 1. The van der Waals surface area contributed by atoms with Crippen molar-refractivity contribution in [2.45, 2.75) is 52.4 Å². The lowest BCUT2D eigenvalue weighted by Gasteiger charge is -2.25. The third kappa shape index (κ3) is 2.99. The number of carbonyl (C=O) groups is 1. The third-order valence-electron chi connectivity index (χ3n) is 3.13. The standard InChI is InChI=1S/C15H22N4O2/c1-14(2,3)11-12(15(4,5)6)19-10(17-11)8-7-9(18-19)16-13(20)21/h7-8H,1-6H3,(H,16,18)(H,20,21). The van der Waals surface area contributed by atoms with E-state index in [1.165, 1.54) is 0 Å². The van der Waals surface area contributed by atoms with Gasteiger partial charge in [0.05, 0.1) is 11.4 Å². The summed E-state index contributed by atoms with van der Waals surface area (Å²) in [5.41, 5.74) is 2.43. The molecule has 1 amide bonds. The van der Waals surface area contributed by atoms with Gasteiger partial charge in [-0.1, -0.05) is 41.5 Å². The van der Waals surface area contributed by atoms with Crippen molar-refractivity contribution in [1.29, 1.82) is 0 Å². The molecule has 0 aliphatic heterocycles. The minimum Gasteiger partial charge on any atom is -0.465 e. The normalized spacial score (nSPS) is 12.7. The van der Waals surface area contributed by atoms with Gasteiger partial charge in [0.1, 0.15) is 0 Å². The van der Waals surface area contributed by atoms with Crippen LogP contribution in [0.3, 0.4) is 0 Å². The second-order valence-electron chi connectivity index (χ2n) is 7.23. The van der Waals surface area contributed by atoms with Crippen molar-refractivity contribution >= 4 is 17.6 Å². The SMILES string of the molecule is CC(C)(C)c1nc2ccc(NC(=O)O)nn2c1C(C)(C)C. The average molecular weight is 290 g/mol. The van der Waals surface area contributed by atoms with Crippen LogP contribution >= 0.6 is 0 Å². The van der Waals surface area contributed by atoms with Gasteiger partial charge in [-0.2, -0.15) is 0 Å². The van der Waals surface area contributed by atoms with Crippen molar-refractivity contribution in [2.24, 2.45) is 0 Å². The lowest BCUT2D eigenvalue weighted by Crippen LogP contribution is -2.24. The zero-order chi connectivity index (χ0) is 16.0. The Balaban J connectivity index is 2.74. The molecule has 6 heteroatoms. The molecule has 0 saturated carbocycles. The summed E-state index contributed by atoms with van der Waals surface area (Å²) in [5, 5.41) is 15.5. The summed E-state index contributed by atoms with van der Waals surface area (Å²) >= 11 is 0. The molecular formula is C15H22N4O2. The molecule has 0 unspecified atom stereocenters. The predicted octanol–water partition coefficient (Wildman–Crippen LogP) is 3.41. The first kappa shape index (κ1) is 15.3. The van der Waals surface area contributed by atoms with Gasteiger partial charge in [0.15, 0.2) is 11.5 Å². The fourth-order valence-corrected chi connectivity index (χ4v) is 2.31. The summed E-state index contributed by atoms with van der Waals surface area (Å²) in [6.07, 6.45) is -1.13. The second kappa shape index (κ2) is 4.72. The minimum absolute atomic E-state index is 0.114. The zero-order valence-electron chi connectivity index (χ0n) is 13.4. The first-order valence-corrected chi connectivity index (χ1v) is 6.91. The minimum atomic E-state index is -1.13. The van der Waals surface area contributed by atoms with E-state index in [-0.39, 0.29) is 10.8 Å². The maximum absolute atomic E-state index is 10.8. The van der Waals surface area contributed by atoms with Gasteiger partial charge in [0, 0.05) is 10.8 Å². The van der Waals surface area contributed by atoms with Crippen molar-refractivity contribution in [3.05, 3.63) is 23.5 Å². The molecule has 2 heterocycles. The van der Waals surface area contributed by atoms with E-state index in [2.05, 4.69) is 52.0 Å². The summed E-state index contributed by atoms with van der Waals surface area (Å²) in [4.78, 5) is 15.5. The zero-order valence-corrected chi connectivity index (χ0v) is 13.4. The second-order valence-corrected chi connectivity index (χ2v) is 7.23. The molecule has 0 radical (unpaired) electrons. The van der Waals surface area contributed by atoms with Gasteiger partial charge in [-0.3, -0.25) is 5.32 Å². The Labute approximate surface area is 124 Å². The van der Waals surface area contributed by atoms with Gasteiger partial charge in [0.25, 0.3) is 0 Å². The van der Waals surface area contributed by atoms with Crippen molar-refractivity contribution < 1.29 is 9.90 Å². The van der Waals surface area contributed by atoms with Gasteiger partial charge in [0.2, 0.25) is 0 Å². The van der Waals surface area contributed by atoms with Crippen molar-refractivity contribution in [2.75, 3.05) is 5.32 Å². The number of hydrogen-bond acceptors (Lipinski definition) is 3. The number of carboxylic acid groups (broad SMARTS) is 1. The number of amides is 1. The van der Waals surface area contributed by atoms with Crippen LogP contribution in [0.5, 0.6) is 0 Å². The lowest BCUT2D eigenvalue weighted by molar-refractivity contribution is 0.209. The Bertz CT molecular complexity index is 690. The van der Waals surface area contributed by atoms with Crippen LogP contribution in [0, 0.1) is 0 Å². The summed E-state index contributed by atoms with van der Waals surface area (Å²) < 4.78 is 1.74. The molecule has 21 heavy (non-hydrogen) atoms. The van der Waals surface area contributed by atoms with E-state index < -0.39 is 6.09 Å². The monoisotopic (exact) mass is 290 g/mol. The number of rotatable bonds is 1. The number of nitrogens with zero attached hydrogens (tertiary/aromatic N) is 3. The molecule has 2 aromatic heterocycles. The van der Waals surface area contributed by atoms with E-state index in [0.717, 1.165) is 17.0 Å². The Morgan fingerprint density at radius 1 is 1.14 bits per heavy atom. The predicted molar refractivity (Wildman–Crippen MR) is 82.0 cm³/mol. The fraction of sp³-hybridized carbons (Fsp3) is 0.533. The van der Waals surface area contributed by atoms with Gasteiger partial charge in [-0.05, 0) is 12.1 Å². The molecule has 114 valence electrons. The molecular weight excluding hydrogens is 268 g/mol. The highest BCUT2D eigenvalue weighted by Crippen LogP contribution is 2.33. The Hall–Kier alpha value is -2.11. The molecule has 0 fully saturated rings. The van der Waals surface area contributed by atoms with E-state index in [9.17, 15) is 4.79 Å². The number of imidazole rings is 1. The molecule has 0 aromatic carbocycles. The topological polar surface area (TPSA) is 79.5 Å².